The zero-order valence-corrected chi connectivity index (χ0v) is 9.40. The van der Waals surface area contributed by atoms with Crippen molar-refractivity contribution in [1.82, 2.24) is 0 Å². The smallest absolute Gasteiger partial charge is 0.231 e. The Kier molecular flexibility index (Phi) is 4.84. The summed E-state index contributed by atoms with van der Waals surface area (Å²) >= 11 is 6.64. The molecule has 1 aromatic rings. The molecule has 0 unspecified atom stereocenters. The first-order valence-corrected chi connectivity index (χ1v) is 5.62. The molecule has 1 rings (SSSR count). The van der Waals surface area contributed by atoms with E-state index in [1.54, 1.807) is 0 Å². The SMILES string of the molecule is CCOc1cccc(SCC(=O)Cl)c1. The summed E-state index contributed by atoms with van der Waals surface area (Å²) in [7, 11) is 0. The monoisotopic (exact) mass is 230 g/mol. The lowest BCUT2D eigenvalue weighted by atomic mass is 10.3. The largest absolute Gasteiger partial charge is 0.494 e. The minimum atomic E-state index is -0.336. The second kappa shape index (κ2) is 5.94. The molecular weight excluding hydrogens is 220 g/mol. The molecule has 0 aliphatic heterocycles. The van der Waals surface area contributed by atoms with E-state index in [4.69, 9.17) is 16.3 Å². The fourth-order valence-corrected chi connectivity index (χ4v) is 1.78. The van der Waals surface area contributed by atoms with Crippen molar-refractivity contribution in [3.63, 3.8) is 0 Å². The fraction of sp³-hybridized carbons (Fsp3) is 0.300. The van der Waals surface area contributed by atoms with E-state index in [9.17, 15) is 4.79 Å². The van der Waals surface area contributed by atoms with E-state index in [-0.39, 0.29) is 11.0 Å². The number of thioether (sulfide) groups is 1. The summed E-state index contributed by atoms with van der Waals surface area (Å²) in [4.78, 5) is 11.5. The van der Waals surface area contributed by atoms with Crippen LogP contribution in [0.2, 0.25) is 0 Å². The van der Waals surface area contributed by atoms with E-state index in [1.165, 1.54) is 11.8 Å². The van der Waals surface area contributed by atoms with Gasteiger partial charge in [0.15, 0.2) is 0 Å². The molecule has 14 heavy (non-hydrogen) atoms. The number of ether oxygens (including phenoxy) is 1. The van der Waals surface area contributed by atoms with Gasteiger partial charge in [-0.25, -0.2) is 0 Å². The summed E-state index contributed by atoms with van der Waals surface area (Å²) in [6.45, 7) is 2.57. The summed E-state index contributed by atoms with van der Waals surface area (Å²) in [5.41, 5.74) is 0. The Bertz CT molecular complexity index is 315. The maximum Gasteiger partial charge on any atom is 0.231 e. The Morgan fingerprint density at radius 1 is 1.57 bits per heavy atom. The minimum Gasteiger partial charge on any atom is -0.494 e. The highest BCUT2D eigenvalue weighted by Gasteiger charge is 2.00. The van der Waals surface area contributed by atoms with Gasteiger partial charge in [0.1, 0.15) is 5.75 Å². The highest BCUT2D eigenvalue weighted by atomic mass is 35.5. The van der Waals surface area contributed by atoms with E-state index >= 15 is 0 Å². The van der Waals surface area contributed by atoms with Crippen molar-refractivity contribution >= 4 is 28.6 Å². The van der Waals surface area contributed by atoms with Gasteiger partial charge in [0.2, 0.25) is 5.24 Å². The van der Waals surface area contributed by atoms with E-state index in [0.717, 1.165) is 10.6 Å². The quantitative estimate of drug-likeness (QED) is 0.575. The van der Waals surface area contributed by atoms with Crippen LogP contribution in [0.15, 0.2) is 29.2 Å². The Hall–Kier alpha value is -0.670. The molecular formula is C10H11ClO2S. The molecule has 76 valence electrons. The number of benzene rings is 1. The lowest BCUT2D eigenvalue weighted by Crippen LogP contribution is -1.92. The van der Waals surface area contributed by atoms with Crippen LogP contribution in [0.4, 0.5) is 0 Å². The number of carbonyl (C=O) groups is 1. The molecule has 0 aromatic heterocycles. The standard InChI is InChI=1S/C10H11ClO2S/c1-2-13-8-4-3-5-9(6-8)14-7-10(11)12/h3-6H,2,7H2,1H3. The number of rotatable bonds is 5. The molecule has 1 aromatic carbocycles. The van der Waals surface area contributed by atoms with Crippen molar-refractivity contribution in [3.05, 3.63) is 24.3 Å². The molecule has 0 aliphatic carbocycles. The maximum atomic E-state index is 10.5. The van der Waals surface area contributed by atoms with Gasteiger partial charge >= 0.3 is 0 Å². The van der Waals surface area contributed by atoms with Crippen molar-refractivity contribution in [3.8, 4) is 5.75 Å². The molecule has 0 fully saturated rings. The molecule has 0 atom stereocenters. The van der Waals surface area contributed by atoms with Crippen LogP contribution in [0.5, 0.6) is 5.75 Å². The predicted molar refractivity (Wildman–Crippen MR) is 59.2 cm³/mol. The van der Waals surface area contributed by atoms with E-state index in [0.29, 0.717) is 6.61 Å². The highest BCUT2D eigenvalue weighted by Crippen LogP contribution is 2.23. The first-order chi connectivity index (χ1) is 6.72. The van der Waals surface area contributed by atoms with Gasteiger partial charge in [0.05, 0.1) is 12.4 Å². The molecule has 0 N–H and O–H groups in total. The van der Waals surface area contributed by atoms with E-state index < -0.39 is 0 Å². The van der Waals surface area contributed by atoms with Gasteiger partial charge in [0, 0.05) is 4.90 Å². The van der Waals surface area contributed by atoms with Crippen molar-refractivity contribution in [2.75, 3.05) is 12.4 Å². The third kappa shape index (κ3) is 4.03. The molecule has 2 nitrogen and oxygen atoms in total. The van der Waals surface area contributed by atoms with Crippen LogP contribution in [0, 0.1) is 0 Å². The number of halogens is 1. The summed E-state index contributed by atoms with van der Waals surface area (Å²) in [6, 6.07) is 7.60. The minimum absolute atomic E-state index is 0.289. The van der Waals surface area contributed by atoms with Crippen molar-refractivity contribution in [1.29, 1.82) is 0 Å². The Morgan fingerprint density at radius 2 is 2.36 bits per heavy atom. The van der Waals surface area contributed by atoms with Crippen LogP contribution in [0.1, 0.15) is 6.92 Å². The third-order valence-electron chi connectivity index (χ3n) is 1.47. The van der Waals surface area contributed by atoms with Crippen molar-refractivity contribution in [2.24, 2.45) is 0 Å². The molecule has 0 saturated carbocycles. The third-order valence-corrected chi connectivity index (χ3v) is 2.75. The number of hydrogen-bond acceptors (Lipinski definition) is 3. The van der Waals surface area contributed by atoms with Gasteiger partial charge < -0.3 is 4.74 Å². The molecule has 0 saturated heterocycles. The summed E-state index contributed by atoms with van der Waals surface area (Å²) in [5, 5.41) is -0.336. The number of carbonyl (C=O) groups excluding carboxylic acids is 1. The first kappa shape index (κ1) is 11.4. The van der Waals surface area contributed by atoms with Crippen LogP contribution in [0.25, 0.3) is 0 Å². The molecule has 0 amide bonds. The van der Waals surface area contributed by atoms with Crippen molar-refractivity contribution < 1.29 is 9.53 Å². The van der Waals surface area contributed by atoms with E-state index in [1.807, 2.05) is 31.2 Å². The zero-order valence-electron chi connectivity index (χ0n) is 7.83. The summed E-state index contributed by atoms with van der Waals surface area (Å²) in [6.07, 6.45) is 0. The molecule has 0 spiro atoms. The topological polar surface area (TPSA) is 26.3 Å². The fourth-order valence-electron chi connectivity index (χ4n) is 0.961. The second-order valence-corrected chi connectivity index (χ2v) is 4.02. The molecule has 0 heterocycles. The number of hydrogen-bond donors (Lipinski definition) is 0. The van der Waals surface area contributed by atoms with Crippen molar-refractivity contribution in [2.45, 2.75) is 11.8 Å². The van der Waals surface area contributed by atoms with Gasteiger partial charge in [-0.05, 0) is 36.7 Å². The Morgan fingerprint density at radius 3 is 3.00 bits per heavy atom. The molecule has 0 bridgehead atoms. The Balaban J connectivity index is 2.58. The van der Waals surface area contributed by atoms with Crippen LogP contribution in [-0.2, 0) is 4.79 Å². The summed E-state index contributed by atoms with van der Waals surface area (Å²) in [5.74, 6) is 1.11. The maximum absolute atomic E-state index is 10.5. The second-order valence-electron chi connectivity index (χ2n) is 2.55. The van der Waals surface area contributed by atoms with Gasteiger partial charge in [-0.1, -0.05) is 6.07 Å². The van der Waals surface area contributed by atoms with Crippen LogP contribution >= 0.6 is 23.4 Å². The molecule has 0 aliphatic rings. The van der Waals surface area contributed by atoms with Crippen LogP contribution < -0.4 is 4.74 Å². The lowest BCUT2D eigenvalue weighted by molar-refractivity contribution is -0.109. The zero-order chi connectivity index (χ0) is 10.4. The van der Waals surface area contributed by atoms with Gasteiger partial charge in [0.25, 0.3) is 0 Å². The van der Waals surface area contributed by atoms with Crippen LogP contribution in [0.3, 0.4) is 0 Å². The highest BCUT2D eigenvalue weighted by molar-refractivity contribution is 8.00. The van der Waals surface area contributed by atoms with Gasteiger partial charge in [-0.3, -0.25) is 4.79 Å². The predicted octanol–water partition coefficient (Wildman–Crippen LogP) is 2.94. The summed E-state index contributed by atoms with van der Waals surface area (Å²) < 4.78 is 5.32. The average molecular weight is 231 g/mol. The van der Waals surface area contributed by atoms with Crippen LogP contribution in [-0.4, -0.2) is 17.6 Å². The van der Waals surface area contributed by atoms with Gasteiger partial charge in [-0.2, -0.15) is 0 Å². The first-order valence-electron chi connectivity index (χ1n) is 4.26. The Labute approximate surface area is 92.6 Å². The molecule has 0 radical (unpaired) electrons. The molecule has 4 heteroatoms. The van der Waals surface area contributed by atoms with Gasteiger partial charge in [-0.15, -0.1) is 11.8 Å². The lowest BCUT2D eigenvalue weighted by Gasteiger charge is -2.04. The van der Waals surface area contributed by atoms with E-state index in [2.05, 4.69) is 0 Å². The average Bonchev–Trinajstić information content (AvgIpc) is 2.16. The normalized spacial score (nSPS) is 9.86.